The summed E-state index contributed by atoms with van der Waals surface area (Å²) in [6.07, 6.45) is 0.515. The molecule has 5 heteroatoms. The van der Waals surface area contributed by atoms with Gasteiger partial charge in [-0.1, -0.05) is 48.5 Å². The Labute approximate surface area is 131 Å². The number of benzene rings is 2. The molecule has 0 saturated carbocycles. The van der Waals surface area contributed by atoms with Crippen molar-refractivity contribution in [2.24, 2.45) is 0 Å². The third-order valence-electron chi connectivity index (χ3n) is 3.79. The van der Waals surface area contributed by atoms with Crippen molar-refractivity contribution in [1.29, 1.82) is 0 Å². The Morgan fingerprint density at radius 3 is 1.82 bits per heavy atom. The second-order valence-electron chi connectivity index (χ2n) is 5.38. The average molecular weight is 320 g/mol. The quantitative estimate of drug-likeness (QED) is 0.791. The zero-order valence-electron chi connectivity index (χ0n) is 12.8. The van der Waals surface area contributed by atoms with E-state index in [4.69, 9.17) is 9.79 Å². The number of rotatable bonds is 6. The molecule has 2 aromatic rings. The van der Waals surface area contributed by atoms with E-state index in [1.54, 1.807) is 0 Å². The maximum Gasteiger partial charge on any atom is 0.469 e. The van der Waals surface area contributed by atoms with Gasteiger partial charge in [0.1, 0.15) is 0 Å². The van der Waals surface area contributed by atoms with Gasteiger partial charge in [0.05, 0.1) is 6.61 Å². The summed E-state index contributed by atoms with van der Waals surface area (Å²) in [5, 5.41) is 0. The summed E-state index contributed by atoms with van der Waals surface area (Å²) in [5.41, 5.74) is 4.64. The first-order valence-electron chi connectivity index (χ1n) is 7.19. The van der Waals surface area contributed by atoms with Crippen LogP contribution in [0.15, 0.2) is 48.5 Å². The highest BCUT2D eigenvalue weighted by Gasteiger charge is 2.20. The topological polar surface area (TPSA) is 66.8 Å². The molecule has 0 bridgehead atoms. The standard InChI is InChI=1S/C17H21O4P/c1-13-7-3-5-9-15(13)17(11-12-21-22(18,19)20)16-10-6-4-8-14(16)2/h3-10,17H,11-12H2,1-2H3,(H2,18,19,20). The predicted molar refractivity (Wildman–Crippen MR) is 86.8 cm³/mol. The normalized spacial score (nSPS) is 11.9. The molecule has 118 valence electrons. The van der Waals surface area contributed by atoms with Gasteiger partial charge < -0.3 is 9.79 Å². The van der Waals surface area contributed by atoms with E-state index in [2.05, 4.69) is 16.7 Å². The van der Waals surface area contributed by atoms with E-state index in [0.29, 0.717) is 6.42 Å². The van der Waals surface area contributed by atoms with Crippen LogP contribution in [0.1, 0.15) is 34.6 Å². The van der Waals surface area contributed by atoms with Crippen molar-refractivity contribution in [3.8, 4) is 0 Å². The number of phosphoric ester groups is 1. The first-order chi connectivity index (χ1) is 10.4. The van der Waals surface area contributed by atoms with Crippen LogP contribution in [-0.2, 0) is 9.09 Å². The molecule has 0 aliphatic carbocycles. The lowest BCUT2D eigenvalue weighted by molar-refractivity contribution is 0.192. The Morgan fingerprint density at radius 1 is 0.955 bits per heavy atom. The van der Waals surface area contributed by atoms with Crippen LogP contribution in [-0.4, -0.2) is 16.4 Å². The fourth-order valence-electron chi connectivity index (χ4n) is 2.72. The molecule has 2 aromatic carbocycles. The summed E-state index contributed by atoms with van der Waals surface area (Å²) in [6, 6.07) is 16.2. The van der Waals surface area contributed by atoms with Gasteiger partial charge in [-0.05, 0) is 42.5 Å². The highest BCUT2D eigenvalue weighted by molar-refractivity contribution is 7.46. The summed E-state index contributed by atoms with van der Waals surface area (Å²) in [6.45, 7) is 4.10. The van der Waals surface area contributed by atoms with Crippen molar-refractivity contribution < 1.29 is 18.9 Å². The second kappa shape index (κ2) is 7.21. The van der Waals surface area contributed by atoms with E-state index < -0.39 is 7.82 Å². The van der Waals surface area contributed by atoms with Gasteiger partial charge in [-0.2, -0.15) is 0 Å². The Kier molecular flexibility index (Phi) is 5.54. The summed E-state index contributed by atoms with van der Waals surface area (Å²) >= 11 is 0. The minimum absolute atomic E-state index is 0.0115. The molecule has 0 radical (unpaired) electrons. The van der Waals surface area contributed by atoms with Crippen molar-refractivity contribution in [3.63, 3.8) is 0 Å². The van der Waals surface area contributed by atoms with E-state index in [-0.39, 0.29) is 12.5 Å². The van der Waals surface area contributed by atoms with Crippen molar-refractivity contribution >= 4 is 7.82 Å². The molecule has 0 aliphatic heterocycles. The van der Waals surface area contributed by atoms with Crippen molar-refractivity contribution in [1.82, 2.24) is 0 Å². The Balaban J connectivity index is 2.31. The van der Waals surface area contributed by atoms with Crippen LogP contribution in [0.3, 0.4) is 0 Å². The van der Waals surface area contributed by atoms with Crippen LogP contribution in [0, 0.1) is 13.8 Å². The molecule has 0 atom stereocenters. The molecule has 22 heavy (non-hydrogen) atoms. The van der Waals surface area contributed by atoms with Gasteiger partial charge in [0.15, 0.2) is 0 Å². The zero-order valence-corrected chi connectivity index (χ0v) is 13.7. The predicted octanol–water partition coefficient (Wildman–Crippen LogP) is 3.93. The molecule has 0 fully saturated rings. The van der Waals surface area contributed by atoms with Crippen LogP contribution in [0.2, 0.25) is 0 Å². The van der Waals surface area contributed by atoms with Crippen LogP contribution >= 0.6 is 7.82 Å². The van der Waals surface area contributed by atoms with Gasteiger partial charge in [-0.3, -0.25) is 4.52 Å². The monoisotopic (exact) mass is 320 g/mol. The molecular formula is C17H21O4P. The van der Waals surface area contributed by atoms with Crippen molar-refractivity contribution in [2.45, 2.75) is 26.2 Å². The number of phosphoric acid groups is 1. The summed E-state index contributed by atoms with van der Waals surface area (Å²) < 4.78 is 15.5. The summed E-state index contributed by atoms with van der Waals surface area (Å²) in [5.74, 6) is 0.0500. The minimum atomic E-state index is -4.43. The van der Waals surface area contributed by atoms with Crippen LogP contribution in [0.25, 0.3) is 0 Å². The van der Waals surface area contributed by atoms with Crippen molar-refractivity contribution in [3.05, 3.63) is 70.8 Å². The molecule has 2 N–H and O–H groups in total. The fraction of sp³-hybridized carbons (Fsp3) is 0.294. The summed E-state index contributed by atoms with van der Waals surface area (Å²) in [4.78, 5) is 17.7. The van der Waals surface area contributed by atoms with E-state index >= 15 is 0 Å². The Morgan fingerprint density at radius 2 is 1.41 bits per heavy atom. The van der Waals surface area contributed by atoms with E-state index in [0.717, 1.165) is 22.3 Å². The molecule has 0 spiro atoms. The maximum absolute atomic E-state index is 10.9. The average Bonchev–Trinajstić information content (AvgIpc) is 2.45. The zero-order chi connectivity index (χ0) is 16.2. The molecule has 0 aliphatic rings. The van der Waals surface area contributed by atoms with Crippen LogP contribution in [0.5, 0.6) is 0 Å². The Bertz CT molecular complexity index is 632. The van der Waals surface area contributed by atoms with Crippen LogP contribution in [0.4, 0.5) is 0 Å². The molecule has 0 saturated heterocycles. The van der Waals surface area contributed by atoms with Gasteiger partial charge in [0.2, 0.25) is 0 Å². The fourth-order valence-corrected chi connectivity index (χ4v) is 3.07. The Hall–Kier alpha value is -1.45. The van der Waals surface area contributed by atoms with Gasteiger partial charge in [0.25, 0.3) is 0 Å². The lowest BCUT2D eigenvalue weighted by atomic mass is 9.84. The number of hydrogen-bond acceptors (Lipinski definition) is 2. The summed E-state index contributed by atoms with van der Waals surface area (Å²) in [7, 11) is -4.43. The minimum Gasteiger partial charge on any atom is -0.303 e. The molecule has 2 rings (SSSR count). The van der Waals surface area contributed by atoms with Gasteiger partial charge in [-0.15, -0.1) is 0 Å². The molecule has 0 heterocycles. The maximum atomic E-state index is 10.9. The number of aryl methyl sites for hydroxylation is 2. The first-order valence-corrected chi connectivity index (χ1v) is 8.72. The van der Waals surface area contributed by atoms with Crippen LogP contribution < -0.4 is 0 Å². The lowest BCUT2D eigenvalue weighted by Gasteiger charge is -2.22. The van der Waals surface area contributed by atoms with Gasteiger partial charge >= 0.3 is 7.82 Å². The molecular weight excluding hydrogens is 299 g/mol. The largest absolute Gasteiger partial charge is 0.469 e. The van der Waals surface area contributed by atoms with Gasteiger partial charge in [0, 0.05) is 5.92 Å². The third-order valence-corrected chi connectivity index (χ3v) is 4.31. The SMILES string of the molecule is Cc1ccccc1C(CCOP(=O)(O)O)c1ccccc1C. The van der Waals surface area contributed by atoms with E-state index in [9.17, 15) is 4.57 Å². The molecule has 0 aromatic heterocycles. The smallest absolute Gasteiger partial charge is 0.303 e. The lowest BCUT2D eigenvalue weighted by Crippen LogP contribution is -2.08. The highest BCUT2D eigenvalue weighted by atomic mass is 31.2. The highest BCUT2D eigenvalue weighted by Crippen LogP contribution is 2.38. The first kappa shape index (κ1) is 16.9. The molecule has 0 amide bonds. The van der Waals surface area contributed by atoms with E-state index in [1.165, 1.54) is 0 Å². The van der Waals surface area contributed by atoms with Gasteiger partial charge in [-0.25, -0.2) is 4.57 Å². The molecule has 0 unspecified atom stereocenters. The van der Waals surface area contributed by atoms with Crippen molar-refractivity contribution in [2.75, 3.05) is 6.61 Å². The number of hydrogen-bond donors (Lipinski definition) is 2. The molecule has 4 nitrogen and oxygen atoms in total. The second-order valence-corrected chi connectivity index (χ2v) is 6.62. The third kappa shape index (κ3) is 4.52. The van der Waals surface area contributed by atoms with E-state index in [1.807, 2.05) is 50.2 Å².